The first-order valence-corrected chi connectivity index (χ1v) is 9.38. The fourth-order valence-corrected chi connectivity index (χ4v) is 3.42. The van der Waals surface area contributed by atoms with Crippen molar-refractivity contribution in [3.63, 3.8) is 0 Å². The summed E-state index contributed by atoms with van der Waals surface area (Å²) in [7, 11) is 1.56. The number of rotatable bonds is 6. The van der Waals surface area contributed by atoms with Gasteiger partial charge in [0.1, 0.15) is 12.4 Å². The van der Waals surface area contributed by atoms with Crippen molar-refractivity contribution < 1.29 is 23.5 Å². The van der Waals surface area contributed by atoms with Crippen molar-refractivity contribution >= 4 is 39.1 Å². The number of amides is 2. The minimum absolute atomic E-state index is 0.0567. The van der Waals surface area contributed by atoms with Crippen LogP contribution in [0.2, 0.25) is 0 Å². The first kappa shape index (κ1) is 19.0. The zero-order valence-corrected chi connectivity index (χ0v) is 16.6. The van der Waals surface area contributed by atoms with Gasteiger partial charge in [-0.15, -0.1) is 11.3 Å². The van der Waals surface area contributed by atoms with Crippen molar-refractivity contribution in [2.45, 2.75) is 6.61 Å². The number of furan rings is 1. The Morgan fingerprint density at radius 2 is 1.78 bits per heavy atom. The third-order valence-corrected chi connectivity index (χ3v) is 5.03. The van der Waals surface area contributed by atoms with Crippen molar-refractivity contribution in [3.05, 3.63) is 68.7 Å². The fraction of sp³-hybridized carbons (Fsp3) is 0.111. The number of methoxy groups -OCH3 is 1. The van der Waals surface area contributed by atoms with Gasteiger partial charge in [0.15, 0.2) is 17.3 Å². The highest BCUT2D eigenvalue weighted by atomic mass is 79.9. The molecule has 2 aromatic heterocycles. The van der Waals surface area contributed by atoms with E-state index in [2.05, 4.69) is 26.8 Å². The molecule has 3 aromatic rings. The van der Waals surface area contributed by atoms with E-state index in [1.165, 1.54) is 17.4 Å². The number of hydrazine groups is 1. The monoisotopic (exact) mass is 450 g/mol. The Morgan fingerprint density at radius 3 is 2.48 bits per heavy atom. The summed E-state index contributed by atoms with van der Waals surface area (Å²) in [6.45, 7) is 0.128. The zero-order valence-electron chi connectivity index (χ0n) is 14.2. The molecule has 0 aliphatic carbocycles. The van der Waals surface area contributed by atoms with E-state index in [1.54, 1.807) is 37.4 Å². The summed E-state index contributed by atoms with van der Waals surface area (Å²) in [5.74, 6) is 0.704. The zero-order chi connectivity index (χ0) is 19.2. The topological polar surface area (TPSA) is 89.8 Å². The third-order valence-electron chi connectivity index (χ3n) is 3.41. The van der Waals surface area contributed by atoms with E-state index in [0.717, 1.165) is 3.79 Å². The van der Waals surface area contributed by atoms with Gasteiger partial charge in [-0.1, -0.05) is 12.1 Å². The molecule has 0 aliphatic heterocycles. The van der Waals surface area contributed by atoms with Crippen LogP contribution in [-0.4, -0.2) is 18.9 Å². The van der Waals surface area contributed by atoms with E-state index in [9.17, 15) is 9.59 Å². The summed E-state index contributed by atoms with van der Waals surface area (Å²) in [4.78, 5) is 24.5. The van der Waals surface area contributed by atoms with E-state index in [4.69, 9.17) is 13.9 Å². The quantitative estimate of drug-likeness (QED) is 0.557. The highest BCUT2D eigenvalue weighted by molar-refractivity contribution is 9.11. The van der Waals surface area contributed by atoms with Crippen LogP contribution in [-0.2, 0) is 6.61 Å². The number of hydrogen-bond donors (Lipinski definition) is 2. The van der Waals surface area contributed by atoms with Gasteiger partial charge in [-0.3, -0.25) is 20.4 Å². The Kier molecular flexibility index (Phi) is 6.15. The van der Waals surface area contributed by atoms with Gasteiger partial charge >= 0.3 is 5.91 Å². The Morgan fingerprint density at radius 1 is 1.04 bits per heavy atom. The van der Waals surface area contributed by atoms with Gasteiger partial charge in [-0.05, 0) is 52.3 Å². The van der Waals surface area contributed by atoms with Gasteiger partial charge in [0.25, 0.3) is 5.91 Å². The summed E-state index contributed by atoms with van der Waals surface area (Å²) in [5.41, 5.74) is 4.65. The molecule has 0 saturated heterocycles. The smallest absolute Gasteiger partial charge is 0.305 e. The van der Waals surface area contributed by atoms with Gasteiger partial charge in [-0.25, -0.2) is 0 Å². The van der Waals surface area contributed by atoms with Crippen LogP contribution in [0.5, 0.6) is 11.5 Å². The summed E-state index contributed by atoms with van der Waals surface area (Å²) < 4.78 is 17.1. The molecule has 7 nitrogen and oxygen atoms in total. The maximum Gasteiger partial charge on any atom is 0.305 e. The van der Waals surface area contributed by atoms with Crippen molar-refractivity contribution in [1.82, 2.24) is 10.9 Å². The van der Waals surface area contributed by atoms with Crippen molar-refractivity contribution in [2.75, 3.05) is 7.11 Å². The molecule has 27 heavy (non-hydrogen) atoms. The second kappa shape index (κ2) is 8.74. The minimum Gasteiger partial charge on any atom is -0.493 e. The average molecular weight is 451 g/mol. The van der Waals surface area contributed by atoms with Gasteiger partial charge < -0.3 is 13.9 Å². The summed E-state index contributed by atoms with van der Waals surface area (Å²) in [6, 6.07) is 13.8. The van der Waals surface area contributed by atoms with Crippen LogP contribution in [0.15, 0.2) is 56.7 Å². The lowest BCUT2D eigenvalue weighted by Gasteiger charge is -2.08. The molecule has 2 amide bonds. The Labute approximate surface area is 167 Å². The third kappa shape index (κ3) is 4.89. The number of para-hydroxylation sites is 2. The first-order valence-electron chi connectivity index (χ1n) is 7.77. The van der Waals surface area contributed by atoms with Crippen molar-refractivity contribution in [2.24, 2.45) is 0 Å². The molecule has 2 N–H and O–H groups in total. The molecule has 1 aromatic carbocycles. The van der Waals surface area contributed by atoms with Crippen LogP contribution in [0, 0.1) is 0 Å². The van der Waals surface area contributed by atoms with E-state index >= 15 is 0 Å². The summed E-state index contributed by atoms with van der Waals surface area (Å²) >= 11 is 4.53. The van der Waals surface area contributed by atoms with E-state index < -0.39 is 11.8 Å². The molecule has 140 valence electrons. The summed E-state index contributed by atoms with van der Waals surface area (Å²) in [5, 5.41) is 0. The Balaban J connectivity index is 1.53. The predicted molar refractivity (Wildman–Crippen MR) is 103 cm³/mol. The van der Waals surface area contributed by atoms with Crippen LogP contribution in [0.1, 0.15) is 26.0 Å². The lowest BCUT2D eigenvalue weighted by Crippen LogP contribution is -2.41. The van der Waals surface area contributed by atoms with Gasteiger partial charge in [-0.2, -0.15) is 0 Å². The molecular formula is C18H15BrN2O5S. The van der Waals surface area contributed by atoms with Crippen molar-refractivity contribution in [3.8, 4) is 11.5 Å². The van der Waals surface area contributed by atoms with Crippen LogP contribution >= 0.6 is 27.3 Å². The maximum atomic E-state index is 12.1. The van der Waals surface area contributed by atoms with Crippen molar-refractivity contribution in [1.29, 1.82) is 0 Å². The number of nitrogens with one attached hydrogen (secondary N) is 2. The Bertz CT molecular complexity index is 953. The lowest BCUT2D eigenvalue weighted by molar-refractivity contribution is 0.0830. The number of ether oxygens (including phenoxy) is 2. The summed E-state index contributed by atoms with van der Waals surface area (Å²) in [6.07, 6.45) is 0. The molecule has 2 heterocycles. The number of carbonyl (C=O) groups is 2. The number of carbonyl (C=O) groups excluding carboxylic acids is 2. The molecule has 9 heteroatoms. The molecule has 0 aliphatic rings. The number of halogens is 1. The van der Waals surface area contributed by atoms with E-state index in [1.807, 2.05) is 12.1 Å². The van der Waals surface area contributed by atoms with E-state index in [-0.39, 0.29) is 12.4 Å². The molecule has 0 radical (unpaired) electrons. The average Bonchev–Trinajstić information content (AvgIpc) is 3.33. The van der Waals surface area contributed by atoms with Gasteiger partial charge in [0.2, 0.25) is 0 Å². The molecule has 0 atom stereocenters. The SMILES string of the molecule is COc1ccccc1OCc1ccc(C(=O)NNC(=O)c2ccc(Br)s2)o1. The second-order valence-electron chi connectivity index (χ2n) is 5.22. The molecule has 0 spiro atoms. The first-order chi connectivity index (χ1) is 13.1. The van der Waals surface area contributed by atoms with Gasteiger partial charge in [0.05, 0.1) is 15.8 Å². The molecule has 0 fully saturated rings. The predicted octanol–water partition coefficient (Wildman–Crippen LogP) is 3.77. The molecule has 0 bridgehead atoms. The maximum absolute atomic E-state index is 12.1. The number of benzene rings is 1. The number of hydrogen-bond acceptors (Lipinski definition) is 6. The Hall–Kier alpha value is -2.78. The number of thiophene rings is 1. The standard InChI is InChI=1S/C18H15BrN2O5S/c1-24-12-4-2-3-5-13(12)25-10-11-6-7-14(26-11)17(22)20-21-18(23)15-8-9-16(19)27-15/h2-9H,10H2,1H3,(H,20,22)(H,21,23). The molecule has 0 saturated carbocycles. The fourth-order valence-electron chi connectivity index (χ4n) is 2.14. The van der Waals surface area contributed by atoms with Crippen LogP contribution < -0.4 is 20.3 Å². The largest absolute Gasteiger partial charge is 0.493 e. The van der Waals surface area contributed by atoms with E-state index in [0.29, 0.717) is 22.1 Å². The molecule has 0 unspecified atom stereocenters. The van der Waals surface area contributed by atoms with Gasteiger partial charge in [0, 0.05) is 0 Å². The van der Waals surface area contributed by atoms with Crippen LogP contribution in [0.3, 0.4) is 0 Å². The molecule has 3 rings (SSSR count). The van der Waals surface area contributed by atoms with Crippen LogP contribution in [0.4, 0.5) is 0 Å². The highest BCUT2D eigenvalue weighted by Crippen LogP contribution is 2.27. The normalized spacial score (nSPS) is 10.3. The lowest BCUT2D eigenvalue weighted by atomic mass is 10.3. The highest BCUT2D eigenvalue weighted by Gasteiger charge is 2.14. The minimum atomic E-state index is -0.567. The second-order valence-corrected chi connectivity index (χ2v) is 7.68. The van der Waals surface area contributed by atoms with Crippen LogP contribution in [0.25, 0.3) is 0 Å². The molecular weight excluding hydrogens is 436 g/mol.